The highest BCUT2D eigenvalue weighted by atomic mass is 16.5. The van der Waals surface area contributed by atoms with Gasteiger partial charge in [0.15, 0.2) is 0 Å². The third-order valence-electron chi connectivity index (χ3n) is 5.34. The van der Waals surface area contributed by atoms with Crippen LogP contribution in [0.3, 0.4) is 0 Å². The van der Waals surface area contributed by atoms with E-state index in [4.69, 9.17) is 4.74 Å². The monoisotopic (exact) mass is 412 g/mol. The van der Waals surface area contributed by atoms with E-state index in [9.17, 15) is 9.59 Å². The molecule has 3 rings (SSSR count). The SMILES string of the molecule is Cc1ccc(NC(=O)[C@@H]2CCO[C@H]2c2cnn(C(C)C)c2)cc1NC(=O)C(C)(C)C. The van der Waals surface area contributed by atoms with Crippen molar-refractivity contribution in [2.45, 2.75) is 60.1 Å². The lowest BCUT2D eigenvalue weighted by Crippen LogP contribution is -2.28. The number of carbonyl (C=O) groups excluding carboxylic acids is 2. The molecular weight excluding hydrogens is 380 g/mol. The van der Waals surface area contributed by atoms with Crippen LogP contribution < -0.4 is 10.6 Å². The van der Waals surface area contributed by atoms with Crippen molar-refractivity contribution in [3.05, 3.63) is 41.7 Å². The van der Waals surface area contributed by atoms with Crippen LogP contribution in [0, 0.1) is 18.3 Å². The van der Waals surface area contributed by atoms with Gasteiger partial charge in [0, 0.05) is 41.2 Å². The number of hydrogen-bond donors (Lipinski definition) is 2. The number of aryl methyl sites for hydroxylation is 1. The number of carbonyl (C=O) groups is 2. The molecule has 0 spiro atoms. The fourth-order valence-corrected chi connectivity index (χ4v) is 3.35. The molecule has 1 aromatic carbocycles. The highest BCUT2D eigenvalue weighted by Gasteiger charge is 2.36. The Bertz CT molecular complexity index is 927. The molecule has 2 heterocycles. The molecule has 30 heavy (non-hydrogen) atoms. The highest BCUT2D eigenvalue weighted by Crippen LogP contribution is 2.35. The molecule has 2 atom stereocenters. The van der Waals surface area contributed by atoms with Crippen molar-refractivity contribution in [1.29, 1.82) is 0 Å². The predicted octanol–water partition coefficient (Wildman–Crippen LogP) is 4.47. The zero-order valence-corrected chi connectivity index (χ0v) is 18.7. The van der Waals surface area contributed by atoms with Crippen molar-refractivity contribution in [3.63, 3.8) is 0 Å². The molecule has 2 amide bonds. The zero-order chi connectivity index (χ0) is 22.1. The van der Waals surface area contributed by atoms with Gasteiger partial charge >= 0.3 is 0 Å². The van der Waals surface area contributed by atoms with Crippen LogP contribution in [0.5, 0.6) is 0 Å². The normalized spacial score (nSPS) is 19.2. The number of hydrogen-bond acceptors (Lipinski definition) is 4. The van der Waals surface area contributed by atoms with Crippen molar-refractivity contribution >= 4 is 23.2 Å². The summed E-state index contributed by atoms with van der Waals surface area (Å²) in [5, 5.41) is 10.3. The second-order valence-electron chi connectivity index (χ2n) is 9.26. The van der Waals surface area contributed by atoms with Gasteiger partial charge in [0.2, 0.25) is 11.8 Å². The number of nitrogens with zero attached hydrogens (tertiary/aromatic N) is 2. The second-order valence-corrected chi connectivity index (χ2v) is 9.26. The smallest absolute Gasteiger partial charge is 0.230 e. The van der Waals surface area contributed by atoms with Gasteiger partial charge in [0.25, 0.3) is 0 Å². The fraction of sp³-hybridized carbons (Fsp3) is 0.522. The summed E-state index contributed by atoms with van der Waals surface area (Å²) in [5.74, 6) is -0.448. The van der Waals surface area contributed by atoms with Gasteiger partial charge in [-0.1, -0.05) is 26.8 Å². The molecule has 1 aliphatic rings. The molecule has 0 radical (unpaired) electrons. The minimum absolute atomic E-state index is 0.0690. The highest BCUT2D eigenvalue weighted by molar-refractivity contribution is 5.97. The molecule has 1 aliphatic heterocycles. The molecule has 1 fully saturated rings. The average Bonchev–Trinajstić information content (AvgIpc) is 3.32. The van der Waals surface area contributed by atoms with Crippen LogP contribution in [0.25, 0.3) is 0 Å². The van der Waals surface area contributed by atoms with E-state index in [1.807, 2.05) is 50.7 Å². The fourth-order valence-electron chi connectivity index (χ4n) is 3.35. The Kier molecular flexibility index (Phi) is 6.31. The van der Waals surface area contributed by atoms with Gasteiger partial charge < -0.3 is 15.4 Å². The molecule has 7 nitrogen and oxygen atoms in total. The van der Waals surface area contributed by atoms with E-state index in [0.717, 1.165) is 11.1 Å². The molecule has 2 aromatic rings. The first-order chi connectivity index (χ1) is 14.1. The van der Waals surface area contributed by atoms with Crippen LogP contribution in [0.4, 0.5) is 11.4 Å². The third-order valence-corrected chi connectivity index (χ3v) is 5.34. The summed E-state index contributed by atoms with van der Waals surface area (Å²) in [5.41, 5.74) is 2.71. The molecule has 0 aliphatic carbocycles. The van der Waals surface area contributed by atoms with Crippen molar-refractivity contribution < 1.29 is 14.3 Å². The summed E-state index contributed by atoms with van der Waals surface area (Å²) in [6.07, 6.45) is 4.08. The Hall–Kier alpha value is -2.67. The van der Waals surface area contributed by atoms with Crippen molar-refractivity contribution in [1.82, 2.24) is 9.78 Å². The van der Waals surface area contributed by atoms with Gasteiger partial charge in [0.05, 0.1) is 18.2 Å². The summed E-state index contributed by atoms with van der Waals surface area (Å²) in [6.45, 7) is 12.2. The summed E-state index contributed by atoms with van der Waals surface area (Å²) >= 11 is 0. The number of ether oxygens (including phenoxy) is 1. The van der Waals surface area contributed by atoms with Crippen LogP contribution in [0.2, 0.25) is 0 Å². The van der Waals surface area contributed by atoms with Gasteiger partial charge in [-0.3, -0.25) is 14.3 Å². The maximum Gasteiger partial charge on any atom is 0.230 e. The lowest BCUT2D eigenvalue weighted by molar-refractivity contribution is -0.123. The van der Waals surface area contributed by atoms with E-state index < -0.39 is 5.41 Å². The number of aromatic nitrogens is 2. The molecule has 1 aromatic heterocycles. The molecule has 1 saturated heterocycles. The zero-order valence-electron chi connectivity index (χ0n) is 18.7. The van der Waals surface area contributed by atoms with Gasteiger partial charge in [-0.2, -0.15) is 5.10 Å². The second kappa shape index (κ2) is 8.60. The van der Waals surface area contributed by atoms with Crippen LogP contribution >= 0.6 is 0 Å². The number of amides is 2. The minimum atomic E-state index is -0.499. The molecule has 7 heteroatoms. The number of nitrogens with one attached hydrogen (secondary N) is 2. The Balaban J connectivity index is 1.73. The predicted molar refractivity (Wildman–Crippen MR) is 117 cm³/mol. The van der Waals surface area contributed by atoms with Crippen LogP contribution in [-0.4, -0.2) is 28.2 Å². The molecule has 0 bridgehead atoms. The number of rotatable bonds is 5. The number of benzene rings is 1. The number of anilines is 2. The quantitative estimate of drug-likeness (QED) is 0.759. The van der Waals surface area contributed by atoms with E-state index in [1.165, 1.54) is 0 Å². The molecular formula is C23H32N4O3. The van der Waals surface area contributed by atoms with Gasteiger partial charge in [-0.25, -0.2) is 0 Å². The average molecular weight is 413 g/mol. The summed E-state index contributed by atoms with van der Waals surface area (Å²) in [7, 11) is 0. The van der Waals surface area contributed by atoms with E-state index in [1.54, 1.807) is 12.3 Å². The first-order valence-corrected chi connectivity index (χ1v) is 10.4. The first kappa shape index (κ1) is 22.0. The molecule has 162 valence electrons. The summed E-state index contributed by atoms with van der Waals surface area (Å²) in [4.78, 5) is 25.4. The maximum atomic E-state index is 13.0. The molecule has 2 N–H and O–H groups in total. The summed E-state index contributed by atoms with van der Waals surface area (Å²) in [6, 6.07) is 5.80. The van der Waals surface area contributed by atoms with Gasteiger partial charge in [0.1, 0.15) is 0 Å². The maximum absolute atomic E-state index is 13.0. The van der Waals surface area contributed by atoms with Crippen molar-refractivity contribution in [2.24, 2.45) is 11.3 Å². The van der Waals surface area contributed by atoms with Crippen LogP contribution in [0.15, 0.2) is 30.6 Å². The first-order valence-electron chi connectivity index (χ1n) is 10.4. The lowest BCUT2D eigenvalue weighted by atomic mass is 9.95. The van der Waals surface area contributed by atoms with E-state index in [-0.39, 0.29) is 29.9 Å². The topological polar surface area (TPSA) is 85.2 Å². The minimum Gasteiger partial charge on any atom is -0.373 e. The molecule has 0 unspecified atom stereocenters. The third kappa shape index (κ3) is 4.90. The Morgan fingerprint density at radius 1 is 1.23 bits per heavy atom. The summed E-state index contributed by atoms with van der Waals surface area (Å²) < 4.78 is 7.74. The Morgan fingerprint density at radius 2 is 1.97 bits per heavy atom. The van der Waals surface area contributed by atoms with Crippen molar-refractivity contribution in [3.8, 4) is 0 Å². The molecule has 0 saturated carbocycles. The Morgan fingerprint density at radius 3 is 2.60 bits per heavy atom. The lowest BCUT2D eigenvalue weighted by Gasteiger charge is -2.20. The van der Waals surface area contributed by atoms with Crippen molar-refractivity contribution in [2.75, 3.05) is 17.2 Å². The Labute approximate surface area is 178 Å². The van der Waals surface area contributed by atoms with Gasteiger partial charge in [-0.15, -0.1) is 0 Å². The van der Waals surface area contributed by atoms with Crippen LogP contribution in [-0.2, 0) is 14.3 Å². The van der Waals surface area contributed by atoms with E-state index in [2.05, 4.69) is 29.6 Å². The largest absolute Gasteiger partial charge is 0.373 e. The van der Waals surface area contributed by atoms with Gasteiger partial charge in [-0.05, 0) is 44.9 Å². The van der Waals surface area contributed by atoms with Crippen LogP contribution in [0.1, 0.15) is 64.3 Å². The van der Waals surface area contributed by atoms with E-state index >= 15 is 0 Å². The van der Waals surface area contributed by atoms with E-state index in [0.29, 0.717) is 24.4 Å². The standard InChI is InChI=1S/C23H32N4O3/c1-14(2)27-13-16(12-24-27)20-18(9-10-30-20)21(28)25-17-8-7-15(3)19(11-17)26-22(29)23(4,5)6/h7-8,11-14,18,20H,9-10H2,1-6H3,(H,25,28)(H,26,29)/t18-,20+/m1/s1.